The fraction of sp³-hybridized carbons (Fsp3) is 0.111. The number of nitrogens with zero attached hydrogens (tertiary/aromatic N) is 4. The van der Waals surface area contributed by atoms with Crippen LogP contribution in [0, 0.1) is 10.1 Å². The highest BCUT2D eigenvalue weighted by atomic mass is 32.2. The van der Waals surface area contributed by atoms with Crippen molar-refractivity contribution in [2.75, 3.05) is 12.4 Å². The van der Waals surface area contributed by atoms with E-state index in [0.29, 0.717) is 0 Å². The molecular formula is C9H8N6O3S. The van der Waals surface area contributed by atoms with E-state index < -0.39 is 4.92 Å². The van der Waals surface area contributed by atoms with Crippen molar-refractivity contribution in [2.45, 2.75) is 10.2 Å². The van der Waals surface area contributed by atoms with Crippen LogP contribution in [0.3, 0.4) is 0 Å². The van der Waals surface area contributed by atoms with Gasteiger partial charge in [-0.3, -0.25) is 14.9 Å². The number of hydrogen-bond acceptors (Lipinski definition) is 8. The van der Waals surface area contributed by atoms with E-state index in [4.69, 9.17) is 0 Å². The average molecular weight is 280 g/mol. The Balaban J connectivity index is 2.45. The molecule has 0 radical (unpaired) electrons. The monoisotopic (exact) mass is 280 g/mol. The topological polar surface area (TPSA) is 127 Å². The van der Waals surface area contributed by atoms with Gasteiger partial charge in [0.2, 0.25) is 5.82 Å². The minimum absolute atomic E-state index is 0.0960. The lowest BCUT2D eigenvalue weighted by molar-refractivity contribution is -0.387. The van der Waals surface area contributed by atoms with Crippen LogP contribution in [0.2, 0.25) is 0 Å². The van der Waals surface area contributed by atoms with Gasteiger partial charge in [0.25, 0.3) is 5.56 Å². The molecule has 10 heteroatoms. The van der Waals surface area contributed by atoms with Crippen LogP contribution in [-0.4, -0.2) is 31.9 Å². The van der Waals surface area contributed by atoms with Crippen molar-refractivity contribution in [2.24, 2.45) is 0 Å². The van der Waals surface area contributed by atoms with E-state index in [9.17, 15) is 14.9 Å². The van der Waals surface area contributed by atoms with Crippen molar-refractivity contribution >= 4 is 23.3 Å². The molecule has 0 bridgehead atoms. The molecule has 0 amide bonds. The van der Waals surface area contributed by atoms with E-state index in [1.54, 1.807) is 0 Å². The van der Waals surface area contributed by atoms with Crippen LogP contribution in [-0.2, 0) is 0 Å². The first-order chi connectivity index (χ1) is 9.11. The van der Waals surface area contributed by atoms with E-state index in [0.717, 1.165) is 11.8 Å². The molecular weight excluding hydrogens is 272 g/mol. The summed E-state index contributed by atoms with van der Waals surface area (Å²) in [6.45, 7) is 0. The first-order valence-electron chi connectivity index (χ1n) is 5.02. The van der Waals surface area contributed by atoms with E-state index >= 15 is 0 Å². The number of anilines is 1. The summed E-state index contributed by atoms with van der Waals surface area (Å²) in [4.78, 5) is 35.5. The Hall–Kier alpha value is -2.49. The highest BCUT2D eigenvalue weighted by Gasteiger charge is 2.23. The number of hydrogen-bond donors (Lipinski definition) is 2. The molecule has 2 aromatic heterocycles. The third-order valence-corrected chi connectivity index (χ3v) is 2.94. The molecule has 0 aliphatic rings. The first-order valence-corrected chi connectivity index (χ1v) is 5.84. The highest BCUT2D eigenvalue weighted by Crippen LogP contribution is 2.34. The van der Waals surface area contributed by atoms with Crippen molar-refractivity contribution in [3.05, 3.63) is 39.1 Å². The molecule has 0 atom stereocenters. The molecule has 0 aliphatic carbocycles. The zero-order valence-electron chi connectivity index (χ0n) is 9.65. The van der Waals surface area contributed by atoms with Crippen LogP contribution >= 0.6 is 11.8 Å². The fourth-order valence-electron chi connectivity index (χ4n) is 1.28. The highest BCUT2D eigenvalue weighted by molar-refractivity contribution is 7.99. The van der Waals surface area contributed by atoms with E-state index in [1.807, 2.05) is 0 Å². The lowest BCUT2D eigenvalue weighted by atomic mass is 10.5. The predicted octanol–water partition coefficient (Wildman–Crippen LogP) is 0.661. The quantitative estimate of drug-likeness (QED) is 0.362. The predicted molar refractivity (Wildman–Crippen MR) is 67.2 cm³/mol. The van der Waals surface area contributed by atoms with E-state index in [2.05, 4.69) is 25.3 Å². The number of H-pyrrole nitrogens is 1. The number of aromatic amines is 1. The first kappa shape index (κ1) is 13.0. The van der Waals surface area contributed by atoms with Gasteiger partial charge in [-0.2, -0.15) is 0 Å². The van der Waals surface area contributed by atoms with Gasteiger partial charge < -0.3 is 10.3 Å². The van der Waals surface area contributed by atoms with Gasteiger partial charge in [0.1, 0.15) is 6.33 Å². The minimum atomic E-state index is -0.588. The fourth-order valence-corrected chi connectivity index (χ4v) is 2.10. The molecule has 0 spiro atoms. The van der Waals surface area contributed by atoms with Gasteiger partial charge in [0, 0.05) is 19.3 Å². The maximum absolute atomic E-state index is 11.1. The van der Waals surface area contributed by atoms with Crippen LogP contribution in [0.15, 0.2) is 33.6 Å². The summed E-state index contributed by atoms with van der Waals surface area (Å²) in [5.74, 6) is 0.0979. The van der Waals surface area contributed by atoms with Gasteiger partial charge >= 0.3 is 5.69 Å². The van der Waals surface area contributed by atoms with Crippen molar-refractivity contribution < 1.29 is 4.92 Å². The zero-order valence-corrected chi connectivity index (χ0v) is 10.5. The van der Waals surface area contributed by atoms with Gasteiger partial charge in [-0.15, -0.1) is 0 Å². The number of aromatic nitrogens is 4. The molecule has 0 aliphatic heterocycles. The number of rotatable bonds is 4. The third-order valence-electron chi connectivity index (χ3n) is 2.05. The molecule has 0 aromatic carbocycles. The summed E-state index contributed by atoms with van der Waals surface area (Å²) in [5, 5.41) is 14.0. The summed E-state index contributed by atoms with van der Waals surface area (Å²) < 4.78 is 0. The SMILES string of the molecule is CNc1ncnc(Sc2nccc(=O)[nH]2)c1[N+](=O)[O-]. The van der Waals surface area contributed by atoms with Gasteiger partial charge in [-0.05, 0) is 11.8 Å². The van der Waals surface area contributed by atoms with Crippen LogP contribution in [0.4, 0.5) is 11.5 Å². The van der Waals surface area contributed by atoms with Gasteiger partial charge in [0.15, 0.2) is 10.2 Å². The molecule has 0 saturated carbocycles. The Morgan fingerprint density at radius 3 is 2.84 bits per heavy atom. The smallest absolute Gasteiger partial charge is 0.343 e. The van der Waals surface area contributed by atoms with Crippen LogP contribution in [0.25, 0.3) is 0 Å². The summed E-state index contributed by atoms with van der Waals surface area (Å²) in [7, 11) is 1.52. The zero-order chi connectivity index (χ0) is 13.8. The number of nitrogens with one attached hydrogen (secondary N) is 2. The standard InChI is InChI=1S/C9H8N6O3S/c1-10-7-6(15(17)18)8(13-4-12-7)19-9-11-3-2-5(16)14-9/h2-4H,1H3,(H,10,12,13)(H,11,14,16). The van der Waals surface area contributed by atoms with Crippen molar-refractivity contribution in [3.63, 3.8) is 0 Å². The molecule has 19 heavy (non-hydrogen) atoms. The Labute approximate surface area is 110 Å². The molecule has 2 rings (SSSR count). The molecule has 0 fully saturated rings. The largest absolute Gasteiger partial charge is 0.367 e. The van der Waals surface area contributed by atoms with Crippen LogP contribution in [0.5, 0.6) is 0 Å². The second kappa shape index (κ2) is 5.44. The van der Waals surface area contributed by atoms with Crippen molar-refractivity contribution in [1.29, 1.82) is 0 Å². The Morgan fingerprint density at radius 1 is 1.42 bits per heavy atom. The molecule has 2 aromatic rings. The van der Waals surface area contributed by atoms with Crippen LogP contribution < -0.4 is 10.9 Å². The van der Waals surface area contributed by atoms with E-state index in [1.165, 1.54) is 25.6 Å². The molecule has 98 valence electrons. The van der Waals surface area contributed by atoms with Gasteiger partial charge in [0.05, 0.1) is 4.92 Å². The summed E-state index contributed by atoms with van der Waals surface area (Å²) in [5.41, 5.74) is -0.607. The molecule has 0 saturated heterocycles. The summed E-state index contributed by atoms with van der Waals surface area (Å²) in [6, 6.07) is 1.25. The van der Waals surface area contributed by atoms with Crippen molar-refractivity contribution in [3.8, 4) is 0 Å². The summed E-state index contributed by atoms with van der Waals surface area (Å²) in [6.07, 6.45) is 2.51. The Kier molecular flexibility index (Phi) is 3.71. The molecule has 2 heterocycles. The second-order valence-electron chi connectivity index (χ2n) is 3.22. The Bertz CT molecular complexity index is 673. The molecule has 9 nitrogen and oxygen atoms in total. The van der Waals surface area contributed by atoms with Gasteiger partial charge in [-0.1, -0.05) is 0 Å². The van der Waals surface area contributed by atoms with Crippen LogP contribution in [0.1, 0.15) is 0 Å². The molecule has 0 unspecified atom stereocenters. The maximum Gasteiger partial charge on any atom is 0.343 e. The Morgan fingerprint density at radius 2 is 2.21 bits per heavy atom. The minimum Gasteiger partial charge on any atom is -0.367 e. The lowest BCUT2D eigenvalue weighted by Crippen LogP contribution is -2.06. The summed E-state index contributed by atoms with van der Waals surface area (Å²) >= 11 is 0.887. The van der Waals surface area contributed by atoms with E-state index in [-0.39, 0.29) is 27.2 Å². The number of nitro groups is 1. The molecule has 2 N–H and O–H groups in total. The lowest BCUT2D eigenvalue weighted by Gasteiger charge is -2.04. The van der Waals surface area contributed by atoms with Crippen molar-refractivity contribution in [1.82, 2.24) is 19.9 Å². The third kappa shape index (κ3) is 2.85. The van der Waals surface area contributed by atoms with Gasteiger partial charge in [-0.25, -0.2) is 15.0 Å². The average Bonchev–Trinajstić information content (AvgIpc) is 2.38. The maximum atomic E-state index is 11.1. The normalized spacial score (nSPS) is 10.2. The second-order valence-corrected chi connectivity index (χ2v) is 4.20.